The van der Waals surface area contributed by atoms with E-state index in [4.69, 9.17) is 11.3 Å². The Balaban J connectivity index is 1.82. The molecule has 0 amide bonds. The van der Waals surface area contributed by atoms with E-state index in [0.29, 0.717) is 17.1 Å². The Morgan fingerprint density at radius 3 is 2.11 bits per heavy atom. The maximum atomic E-state index is 13.8. The molecule has 4 rings (SSSR count). The van der Waals surface area contributed by atoms with Crippen molar-refractivity contribution in [3.63, 3.8) is 0 Å². The molecule has 0 aliphatic heterocycles. The number of rotatable bonds is 5. The highest BCUT2D eigenvalue weighted by atomic mass is 19.4. The third kappa shape index (κ3) is 5.44. The number of benzene rings is 3. The lowest BCUT2D eigenvalue weighted by Crippen LogP contribution is -2.25. The summed E-state index contributed by atoms with van der Waals surface area (Å²) in [6.07, 6.45) is -4.85. The minimum atomic E-state index is -4.85. The second kappa shape index (κ2) is 9.98. The van der Waals surface area contributed by atoms with Gasteiger partial charge in [0, 0.05) is 5.69 Å². The van der Waals surface area contributed by atoms with Gasteiger partial charge in [-0.1, -0.05) is 29.8 Å². The first-order chi connectivity index (χ1) is 17.5. The number of halogens is 3. The maximum Gasteiger partial charge on any atom is 0.407 e. The van der Waals surface area contributed by atoms with E-state index in [1.165, 1.54) is 4.57 Å². The van der Waals surface area contributed by atoms with Gasteiger partial charge in [-0.25, -0.2) is 4.85 Å². The largest absolute Gasteiger partial charge is 0.457 e. The van der Waals surface area contributed by atoms with Gasteiger partial charge in [0.15, 0.2) is 0 Å². The van der Waals surface area contributed by atoms with Crippen LogP contribution in [-0.4, -0.2) is 4.57 Å². The summed E-state index contributed by atoms with van der Waals surface area (Å²) in [4.78, 5) is 16.2. The molecule has 37 heavy (non-hydrogen) atoms. The Morgan fingerprint density at radius 1 is 0.838 bits per heavy atom. The summed E-state index contributed by atoms with van der Waals surface area (Å²) in [7, 11) is 0. The van der Waals surface area contributed by atoms with E-state index >= 15 is 0 Å². The van der Waals surface area contributed by atoms with Crippen LogP contribution >= 0.6 is 0 Å². The molecule has 0 radical (unpaired) electrons. The fourth-order valence-corrected chi connectivity index (χ4v) is 4.16. The second-order valence-electron chi connectivity index (χ2n) is 9.10. The Kier molecular flexibility index (Phi) is 6.95. The number of nitrogens with zero attached hydrogens (tertiary/aromatic N) is 2. The molecule has 0 N–H and O–H groups in total. The zero-order valence-electron chi connectivity index (χ0n) is 20.9. The van der Waals surface area contributed by atoms with Crippen LogP contribution in [0.2, 0.25) is 0 Å². The second-order valence-corrected chi connectivity index (χ2v) is 9.10. The number of aryl methyl sites for hydroxylation is 4. The average molecular weight is 503 g/mol. The SMILES string of the molecule is [C-]#[N+]c1c(C(F)(F)F)cc(-c2ccc(Oc3ccc(C)c(C)c3)cc2)n(Cc2ccc(C)cc2C)c1=O. The van der Waals surface area contributed by atoms with Gasteiger partial charge in [0.25, 0.3) is 11.2 Å². The number of hydrogen-bond donors (Lipinski definition) is 0. The third-order valence-corrected chi connectivity index (χ3v) is 6.38. The summed E-state index contributed by atoms with van der Waals surface area (Å²) in [6, 6.07) is 18.8. The minimum absolute atomic E-state index is 0.0296. The van der Waals surface area contributed by atoms with E-state index in [0.717, 1.165) is 33.9 Å². The first-order valence-corrected chi connectivity index (χ1v) is 11.6. The van der Waals surface area contributed by atoms with E-state index in [1.807, 2.05) is 64.1 Å². The number of hydrogen-bond acceptors (Lipinski definition) is 2. The molecule has 1 heterocycles. The summed E-state index contributed by atoms with van der Waals surface area (Å²) < 4.78 is 48.6. The van der Waals surface area contributed by atoms with Gasteiger partial charge in [0.2, 0.25) is 0 Å². The fraction of sp³-hybridized carbons (Fsp3) is 0.200. The number of alkyl halides is 3. The van der Waals surface area contributed by atoms with Gasteiger partial charge in [0.05, 0.1) is 18.7 Å². The van der Waals surface area contributed by atoms with Gasteiger partial charge in [-0.3, -0.25) is 4.79 Å². The van der Waals surface area contributed by atoms with Crippen molar-refractivity contribution >= 4 is 5.69 Å². The first kappa shape index (κ1) is 25.8. The Hall–Kier alpha value is -4.31. The molecule has 1 aromatic heterocycles. The predicted molar refractivity (Wildman–Crippen MR) is 138 cm³/mol. The van der Waals surface area contributed by atoms with Crippen LogP contribution in [0.1, 0.15) is 33.4 Å². The molecule has 4 aromatic rings. The quantitative estimate of drug-likeness (QED) is 0.258. The molecule has 0 spiro atoms. The molecule has 0 unspecified atom stereocenters. The van der Waals surface area contributed by atoms with Gasteiger partial charge >= 0.3 is 6.18 Å². The highest BCUT2D eigenvalue weighted by Crippen LogP contribution is 2.37. The van der Waals surface area contributed by atoms with E-state index in [1.54, 1.807) is 24.3 Å². The van der Waals surface area contributed by atoms with Crippen LogP contribution in [0.3, 0.4) is 0 Å². The molecule has 0 fully saturated rings. The van der Waals surface area contributed by atoms with E-state index in [2.05, 4.69) is 4.85 Å². The lowest BCUT2D eigenvalue weighted by atomic mass is 10.0. The van der Waals surface area contributed by atoms with Crippen LogP contribution in [0.5, 0.6) is 11.5 Å². The summed E-state index contributed by atoms with van der Waals surface area (Å²) in [5.41, 5.74) is 2.23. The Bertz CT molecular complexity index is 1580. The van der Waals surface area contributed by atoms with Crippen molar-refractivity contribution in [3.05, 3.63) is 122 Å². The van der Waals surface area contributed by atoms with Crippen molar-refractivity contribution in [2.75, 3.05) is 0 Å². The Morgan fingerprint density at radius 2 is 1.51 bits per heavy atom. The predicted octanol–water partition coefficient (Wildman–Crippen LogP) is 8.16. The molecule has 0 aliphatic rings. The zero-order chi connectivity index (χ0) is 26.9. The Labute approximate surface area is 213 Å². The van der Waals surface area contributed by atoms with E-state index in [-0.39, 0.29) is 12.2 Å². The van der Waals surface area contributed by atoms with Gasteiger partial charge < -0.3 is 9.30 Å². The van der Waals surface area contributed by atoms with Gasteiger partial charge in [-0.05, 0) is 98.0 Å². The maximum absolute atomic E-state index is 13.8. The summed E-state index contributed by atoms with van der Waals surface area (Å²) in [5.74, 6) is 1.15. The van der Waals surface area contributed by atoms with Crippen LogP contribution in [0, 0.1) is 34.3 Å². The number of ether oxygens (including phenoxy) is 1. The monoisotopic (exact) mass is 502 g/mol. The smallest absolute Gasteiger partial charge is 0.407 e. The summed E-state index contributed by atoms with van der Waals surface area (Å²) in [6.45, 7) is 15.1. The van der Waals surface area contributed by atoms with Crippen molar-refractivity contribution in [3.8, 4) is 22.8 Å². The van der Waals surface area contributed by atoms with Crippen molar-refractivity contribution < 1.29 is 17.9 Å². The molecule has 0 saturated heterocycles. The van der Waals surface area contributed by atoms with Crippen LogP contribution in [0.4, 0.5) is 18.9 Å². The first-order valence-electron chi connectivity index (χ1n) is 11.6. The van der Waals surface area contributed by atoms with Crippen molar-refractivity contribution in [1.29, 1.82) is 0 Å². The molecule has 0 bridgehead atoms. The molecular weight excluding hydrogens is 477 g/mol. The van der Waals surface area contributed by atoms with Crippen molar-refractivity contribution in [1.82, 2.24) is 4.57 Å². The molecule has 188 valence electrons. The molecule has 3 aromatic carbocycles. The summed E-state index contributed by atoms with van der Waals surface area (Å²) in [5, 5.41) is 0. The van der Waals surface area contributed by atoms with Crippen LogP contribution in [0.15, 0.2) is 71.5 Å². The zero-order valence-corrected chi connectivity index (χ0v) is 20.9. The molecule has 7 heteroatoms. The van der Waals surface area contributed by atoms with Crippen LogP contribution in [0.25, 0.3) is 16.1 Å². The summed E-state index contributed by atoms with van der Waals surface area (Å²) >= 11 is 0. The third-order valence-electron chi connectivity index (χ3n) is 6.38. The minimum Gasteiger partial charge on any atom is -0.457 e. The highest BCUT2D eigenvalue weighted by molar-refractivity contribution is 5.67. The standard InChI is InChI=1S/C30H25F3N2O2/c1-18-6-8-23(21(4)14-18)17-35-27(16-26(30(31,32)33)28(34-5)29(35)36)22-9-12-24(13-10-22)37-25-11-7-19(2)20(3)15-25/h6-16H,17H2,1-4H3. The van der Waals surface area contributed by atoms with Gasteiger partial charge in [-0.2, -0.15) is 13.2 Å². The molecule has 0 atom stereocenters. The van der Waals surface area contributed by atoms with E-state index in [9.17, 15) is 18.0 Å². The highest BCUT2D eigenvalue weighted by Gasteiger charge is 2.36. The van der Waals surface area contributed by atoms with Crippen molar-refractivity contribution in [2.24, 2.45) is 0 Å². The number of pyridine rings is 1. The van der Waals surface area contributed by atoms with Crippen LogP contribution in [-0.2, 0) is 12.7 Å². The number of aromatic nitrogens is 1. The molecular formula is C30H25F3N2O2. The van der Waals surface area contributed by atoms with Gasteiger partial charge in [0.1, 0.15) is 11.5 Å². The van der Waals surface area contributed by atoms with Gasteiger partial charge in [-0.15, -0.1) is 0 Å². The van der Waals surface area contributed by atoms with E-state index < -0.39 is 23.0 Å². The van der Waals surface area contributed by atoms with Crippen LogP contribution < -0.4 is 10.3 Å². The molecule has 4 nitrogen and oxygen atoms in total. The molecule has 0 aliphatic carbocycles. The van der Waals surface area contributed by atoms with Crippen molar-refractivity contribution in [2.45, 2.75) is 40.4 Å². The normalized spacial score (nSPS) is 11.3. The average Bonchev–Trinajstić information content (AvgIpc) is 2.84. The molecule has 0 saturated carbocycles. The lowest BCUT2D eigenvalue weighted by Gasteiger charge is -2.19. The lowest BCUT2D eigenvalue weighted by molar-refractivity contribution is -0.136. The fourth-order valence-electron chi connectivity index (χ4n) is 4.16. The topological polar surface area (TPSA) is 35.6 Å².